The van der Waals surface area contributed by atoms with Crippen molar-refractivity contribution >= 4 is 12.0 Å². The van der Waals surface area contributed by atoms with Crippen molar-refractivity contribution in [1.29, 1.82) is 0 Å². The number of carbonyl (C=O) groups excluding carboxylic acids is 2. The van der Waals surface area contributed by atoms with Crippen molar-refractivity contribution in [2.75, 3.05) is 6.54 Å². The molecular weight excluding hydrogens is 310 g/mol. The van der Waals surface area contributed by atoms with Gasteiger partial charge in [0.25, 0.3) is 5.56 Å². The van der Waals surface area contributed by atoms with Crippen LogP contribution >= 0.6 is 0 Å². The SMILES string of the molecule is Cc1cc(C)c(CNC(=O)CCCNC(=O)OC(C)(C)C)c(=O)[nH]1. The molecule has 0 atom stereocenters. The lowest BCUT2D eigenvalue weighted by Gasteiger charge is -2.19. The molecule has 0 fully saturated rings. The molecule has 0 radical (unpaired) electrons. The van der Waals surface area contributed by atoms with Crippen LogP contribution in [-0.2, 0) is 16.1 Å². The van der Waals surface area contributed by atoms with Crippen LogP contribution in [0.15, 0.2) is 10.9 Å². The third kappa shape index (κ3) is 7.30. The number of hydrogen-bond acceptors (Lipinski definition) is 4. The third-order valence-corrected chi connectivity index (χ3v) is 3.20. The van der Waals surface area contributed by atoms with Crippen LogP contribution in [0, 0.1) is 13.8 Å². The molecule has 1 aromatic rings. The topological polar surface area (TPSA) is 100 Å². The molecule has 1 aromatic heterocycles. The molecule has 134 valence electrons. The number of pyridine rings is 1. The van der Waals surface area contributed by atoms with Crippen LogP contribution in [0.4, 0.5) is 4.79 Å². The number of nitrogens with one attached hydrogen (secondary N) is 3. The third-order valence-electron chi connectivity index (χ3n) is 3.20. The molecule has 0 aliphatic rings. The molecule has 0 bridgehead atoms. The van der Waals surface area contributed by atoms with Crippen molar-refractivity contribution in [3.63, 3.8) is 0 Å². The highest BCUT2D eigenvalue weighted by molar-refractivity contribution is 5.76. The van der Waals surface area contributed by atoms with Crippen LogP contribution in [0.3, 0.4) is 0 Å². The molecule has 1 heterocycles. The van der Waals surface area contributed by atoms with Gasteiger partial charge in [0.2, 0.25) is 5.91 Å². The van der Waals surface area contributed by atoms with E-state index in [9.17, 15) is 14.4 Å². The van der Waals surface area contributed by atoms with E-state index in [4.69, 9.17) is 4.74 Å². The van der Waals surface area contributed by atoms with Gasteiger partial charge in [-0.15, -0.1) is 0 Å². The van der Waals surface area contributed by atoms with Crippen LogP contribution in [-0.4, -0.2) is 29.1 Å². The minimum Gasteiger partial charge on any atom is -0.444 e. The van der Waals surface area contributed by atoms with Gasteiger partial charge in [-0.3, -0.25) is 9.59 Å². The largest absolute Gasteiger partial charge is 0.444 e. The first-order chi connectivity index (χ1) is 11.1. The summed E-state index contributed by atoms with van der Waals surface area (Å²) in [6, 6.07) is 1.87. The van der Waals surface area contributed by atoms with Gasteiger partial charge in [0.1, 0.15) is 5.60 Å². The summed E-state index contributed by atoms with van der Waals surface area (Å²) in [6.45, 7) is 9.56. The monoisotopic (exact) mass is 337 g/mol. The number of amides is 2. The fourth-order valence-corrected chi connectivity index (χ4v) is 2.13. The van der Waals surface area contributed by atoms with Gasteiger partial charge in [0, 0.05) is 30.8 Å². The molecule has 0 unspecified atom stereocenters. The fraction of sp³-hybridized carbons (Fsp3) is 0.588. The zero-order valence-corrected chi connectivity index (χ0v) is 15.0. The summed E-state index contributed by atoms with van der Waals surface area (Å²) < 4.78 is 5.10. The molecule has 0 aliphatic heterocycles. The molecule has 2 amide bonds. The van der Waals surface area contributed by atoms with Crippen molar-refractivity contribution in [2.45, 2.75) is 59.6 Å². The molecule has 0 spiro atoms. The Morgan fingerprint density at radius 1 is 1.21 bits per heavy atom. The van der Waals surface area contributed by atoms with Crippen LogP contribution in [0.2, 0.25) is 0 Å². The molecule has 0 saturated carbocycles. The Hall–Kier alpha value is -2.31. The quantitative estimate of drug-likeness (QED) is 0.690. The average Bonchev–Trinajstić information content (AvgIpc) is 2.40. The molecule has 1 rings (SSSR count). The first kappa shape index (κ1) is 19.7. The average molecular weight is 337 g/mol. The first-order valence-electron chi connectivity index (χ1n) is 8.01. The van der Waals surface area contributed by atoms with E-state index in [1.807, 2.05) is 19.9 Å². The lowest BCUT2D eigenvalue weighted by molar-refractivity contribution is -0.121. The number of H-pyrrole nitrogens is 1. The summed E-state index contributed by atoms with van der Waals surface area (Å²) in [4.78, 5) is 37.8. The van der Waals surface area contributed by atoms with E-state index < -0.39 is 11.7 Å². The number of aryl methyl sites for hydroxylation is 2. The minimum absolute atomic E-state index is 0.166. The second-order valence-corrected chi connectivity index (χ2v) is 6.75. The number of alkyl carbamates (subject to hydrolysis) is 1. The van der Waals surface area contributed by atoms with E-state index in [-0.39, 0.29) is 24.4 Å². The van der Waals surface area contributed by atoms with Gasteiger partial charge in [-0.1, -0.05) is 0 Å². The van der Waals surface area contributed by atoms with E-state index in [1.54, 1.807) is 20.8 Å². The fourth-order valence-electron chi connectivity index (χ4n) is 2.13. The minimum atomic E-state index is -0.541. The molecule has 0 aromatic carbocycles. The zero-order valence-electron chi connectivity index (χ0n) is 15.0. The lowest BCUT2D eigenvalue weighted by atomic mass is 10.1. The summed E-state index contributed by atoms with van der Waals surface area (Å²) in [5.41, 5.74) is 1.48. The second kappa shape index (κ2) is 8.52. The predicted molar refractivity (Wildman–Crippen MR) is 91.9 cm³/mol. The van der Waals surface area contributed by atoms with E-state index in [0.29, 0.717) is 18.5 Å². The maximum absolute atomic E-state index is 11.9. The number of aromatic nitrogens is 1. The lowest BCUT2D eigenvalue weighted by Crippen LogP contribution is -2.33. The molecule has 7 nitrogen and oxygen atoms in total. The van der Waals surface area contributed by atoms with Gasteiger partial charge in [-0.25, -0.2) is 4.79 Å². The highest BCUT2D eigenvalue weighted by Crippen LogP contribution is 2.06. The highest BCUT2D eigenvalue weighted by atomic mass is 16.6. The molecule has 0 saturated heterocycles. The molecular formula is C17H27N3O4. The number of hydrogen-bond donors (Lipinski definition) is 3. The van der Waals surface area contributed by atoms with E-state index >= 15 is 0 Å². The van der Waals surface area contributed by atoms with Crippen molar-refractivity contribution in [3.05, 3.63) is 33.2 Å². The van der Waals surface area contributed by atoms with Crippen LogP contribution < -0.4 is 16.2 Å². The maximum Gasteiger partial charge on any atom is 0.407 e. The molecule has 3 N–H and O–H groups in total. The normalized spacial score (nSPS) is 11.0. The van der Waals surface area contributed by atoms with Gasteiger partial charge < -0.3 is 20.4 Å². The molecule has 0 aliphatic carbocycles. The predicted octanol–water partition coefficient (Wildman–Crippen LogP) is 1.91. The van der Waals surface area contributed by atoms with Crippen molar-refractivity contribution in [3.8, 4) is 0 Å². The Morgan fingerprint density at radius 2 is 1.88 bits per heavy atom. The summed E-state index contributed by atoms with van der Waals surface area (Å²) in [5, 5.41) is 5.32. The summed E-state index contributed by atoms with van der Waals surface area (Å²) in [5.74, 6) is -0.166. The molecule has 24 heavy (non-hydrogen) atoms. The van der Waals surface area contributed by atoms with E-state index in [0.717, 1.165) is 11.3 Å². The van der Waals surface area contributed by atoms with Gasteiger partial charge in [0.15, 0.2) is 0 Å². The van der Waals surface area contributed by atoms with Crippen LogP contribution in [0.5, 0.6) is 0 Å². The summed E-state index contributed by atoms with van der Waals surface area (Å²) >= 11 is 0. The summed E-state index contributed by atoms with van der Waals surface area (Å²) in [6.07, 6.45) is 0.261. The summed E-state index contributed by atoms with van der Waals surface area (Å²) in [7, 11) is 0. The Balaban J connectivity index is 2.31. The van der Waals surface area contributed by atoms with Gasteiger partial charge >= 0.3 is 6.09 Å². The molecule has 7 heteroatoms. The van der Waals surface area contributed by atoms with Crippen molar-refractivity contribution < 1.29 is 14.3 Å². The van der Waals surface area contributed by atoms with E-state index in [2.05, 4.69) is 15.6 Å². The maximum atomic E-state index is 11.9. The van der Waals surface area contributed by atoms with Crippen molar-refractivity contribution in [2.24, 2.45) is 0 Å². The Kier molecular flexibility index (Phi) is 7.00. The Bertz CT molecular complexity index is 644. The number of rotatable bonds is 6. The second-order valence-electron chi connectivity index (χ2n) is 6.75. The zero-order chi connectivity index (χ0) is 18.3. The Morgan fingerprint density at radius 3 is 2.46 bits per heavy atom. The number of ether oxygens (including phenoxy) is 1. The standard InChI is InChI=1S/C17H27N3O4/c1-11-9-12(2)20-15(22)13(11)10-19-14(21)7-6-8-18-16(23)24-17(3,4)5/h9H,6-8,10H2,1-5H3,(H,18,23)(H,19,21)(H,20,22). The smallest absolute Gasteiger partial charge is 0.407 e. The first-order valence-corrected chi connectivity index (χ1v) is 8.01. The highest BCUT2D eigenvalue weighted by Gasteiger charge is 2.15. The number of carbonyl (C=O) groups is 2. The van der Waals surface area contributed by atoms with Gasteiger partial charge in [-0.05, 0) is 52.7 Å². The van der Waals surface area contributed by atoms with Gasteiger partial charge in [0.05, 0.1) is 0 Å². The Labute approximate surface area is 142 Å². The van der Waals surface area contributed by atoms with Crippen LogP contribution in [0.1, 0.15) is 50.4 Å². The number of aromatic amines is 1. The van der Waals surface area contributed by atoms with Crippen molar-refractivity contribution in [1.82, 2.24) is 15.6 Å². The van der Waals surface area contributed by atoms with E-state index in [1.165, 1.54) is 0 Å². The van der Waals surface area contributed by atoms with Gasteiger partial charge in [-0.2, -0.15) is 0 Å². The van der Waals surface area contributed by atoms with Crippen LogP contribution in [0.25, 0.3) is 0 Å².